The third-order valence-electron chi connectivity index (χ3n) is 6.79. The van der Waals surface area contributed by atoms with Crippen molar-refractivity contribution < 1.29 is 34.6 Å². The van der Waals surface area contributed by atoms with E-state index in [0.29, 0.717) is 6.61 Å². The van der Waals surface area contributed by atoms with Crippen molar-refractivity contribution in [1.82, 2.24) is 0 Å². The molecule has 1 aliphatic rings. The summed E-state index contributed by atoms with van der Waals surface area (Å²) in [5.74, 6) is 4.12. The average molecular weight is 685 g/mol. The van der Waals surface area contributed by atoms with E-state index in [1.807, 2.05) is 36.4 Å². The van der Waals surface area contributed by atoms with Crippen molar-refractivity contribution >= 4 is 34.3 Å². The van der Waals surface area contributed by atoms with Crippen LogP contribution < -0.4 is 9.47 Å². The Hall–Kier alpha value is -1.97. The molecule has 252 valence electrons. The number of benzene rings is 2. The van der Waals surface area contributed by atoms with Crippen LogP contribution in [0.15, 0.2) is 48.5 Å². The fourth-order valence-electron chi connectivity index (χ4n) is 4.28. The van der Waals surface area contributed by atoms with Crippen LogP contribution in [-0.2, 0) is 50.3 Å². The molecule has 0 spiro atoms. The summed E-state index contributed by atoms with van der Waals surface area (Å²) >= 11 is 1.81. The number of alkyl halides is 1. The van der Waals surface area contributed by atoms with Crippen LogP contribution in [0.4, 0.5) is 0 Å². The SMILES string of the molecule is C#CCOS(=O)OC1CCCCC1Oc1ccc(C(C)(C)C)cc1.CC(COc1ccc(C(C)(C)C)cc1)OS(=O)OCCCl. The number of hydrogen-bond acceptors (Lipinski definition) is 8. The topological polar surface area (TPSA) is 89.5 Å². The van der Waals surface area contributed by atoms with Gasteiger partial charge in [0.25, 0.3) is 0 Å². The Kier molecular flexibility index (Phi) is 17.1. The molecule has 11 heteroatoms. The quantitative estimate of drug-likeness (QED) is 0.149. The first kappa shape index (κ1) is 39.2. The van der Waals surface area contributed by atoms with E-state index in [1.165, 1.54) is 11.1 Å². The van der Waals surface area contributed by atoms with E-state index in [-0.39, 0.29) is 48.2 Å². The summed E-state index contributed by atoms with van der Waals surface area (Å²) in [5, 5.41) is 0. The van der Waals surface area contributed by atoms with Gasteiger partial charge < -0.3 is 9.47 Å². The minimum absolute atomic E-state index is 0.0287. The Morgan fingerprint density at radius 2 is 1.38 bits per heavy atom. The molecule has 0 heterocycles. The summed E-state index contributed by atoms with van der Waals surface area (Å²) in [4.78, 5) is 0. The highest BCUT2D eigenvalue weighted by molar-refractivity contribution is 7.75. The normalized spacial score (nSPS) is 18.9. The second-order valence-electron chi connectivity index (χ2n) is 12.7. The second-order valence-corrected chi connectivity index (χ2v) is 14.8. The van der Waals surface area contributed by atoms with Crippen LogP contribution in [-0.4, -0.2) is 52.4 Å². The summed E-state index contributed by atoms with van der Waals surface area (Å²) in [6.07, 6.45) is 8.14. The zero-order valence-electron chi connectivity index (χ0n) is 27.5. The first-order valence-corrected chi connectivity index (χ1v) is 17.7. The fraction of sp³-hybridized carbons (Fsp3) is 0.588. The number of rotatable bonds is 14. The molecule has 0 N–H and O–H groups in total. The predicted octanol–water partition coefficient (Wildman–Crippen LogP) is 7.52. The predicted molar refractivity (Wildman–Crippen MR) is 182 cm³/mol. The molecule has 0 bridgehead atoms. The molecule has 0 aliphatic heterocycles. The van der Waals surface area contributed by atoms with Gasteiger partial charge in [-0.25, -0.2) is 0 Å². The van der Waals surface area contributed by atoms with Crippen LogP contribution >= 0.6 is 11.6 Å². The number of hydrogen-bond donors (Lipinski definition) is 0. The molecular formula is C34H49ClO8S2. The molecule has 2 aromatic carbocycles. The van der Waals surface area contributed by atoms with Gasteiger partial charge in [0.05, 0.1) is 6.61 Å². The Bertz CT molecular complexity index is 1220. The minimum Gasteiger partial charge on any atom is -0.491 e. The molecule has 45 heavy (non-hydrogen) atoms. The number of ether oxygens (including phenoxy) is 2. The lowest BCUT2D eigenvalue weighted by Gasteiger charge is -2.30. The molecule has 5 unspecified atom stereocenters. The Morgan fingerprint density at radius 3 is 1.89 bits per heavy atom. The van der Waals surface area contributed by atoms with Crippen molar-refractivity contribution in [2.45, 2.75) is 103 Å². The van der Waals surface area contributed by atoms with E-state index in [4.69, 9.17) is 44.2 Å². The number of terminal acetylenes is 1. The van der Waals surface area contributed by atoms with E-state index in [9.17, 15) is 8.42 Å². The van der Waals surface area contributed by atoms with Crippen molar-refractivity contribution in [1.29, 1.82) is 0 Å². The Labute approximate surface area is 280 Å². The van der Waals surface area contributed by atoms with Gasteiger partial charge in [-0.15, -0.1) is 18.0 Å². The van der Waals surface area contributed by atoms with Gasteiger partial charge in [0.1, 0.15) is 43.0 Å². The molecule has 0 radical (unpaired) electrons. The van der Waals surface area contributed by atoms with Crippen LogP contribution in [0.25, 0.3) is 0 Å². The third-order valence-corrected chi connectivity index (χ3v) is 8.51. The lowest BCUT2D eigenvalue weighted by Crippen LogP contribution is -2.37. The second kappa shape index (κ2) is 19.6. The van der Waals surface area contributed by atoms with E-state index >= 15 is 0 Å². The van der Waals surface area contributed by atoms with Gasteiger partial charge in [0, 0.05) is 5.88 Å². The molecule has 1 fully saturated rings. The van der Waals surface area contributed by atoms with Crippen LogP contribution in [0.5, 0.6) is 11.5 Å². The molecular weight excluding hydrogens is 636 g/mol. The number of halogens is 1. The lowest BCUT2D eigenvalue weighted by molar-refractivity contribution is 0.0239. The average Bonchev–Trinajstić information content (AvgIpc) is 2.99. The lowest BCUT2D eigenvalue weighted by atomic mass is 9.87. The highest BCUT2D eigenvalue weighted by atomic mass is 35.5. The summed E-state index contributed by atoms with van der Waals surface area (Å²) in [6, 6.07) is 16.1. The van der Waals surface area contributed by atoms with E-state index in [2.05, 4.69) is 59.6 Å². The van der Waals surface area contributed by atoms with Crippen molar-refractivity contribution in [2.75, 3.05) is 25.7 Å². The molecule has 1 saturated carbocycles. The Morgan fingerprint density at radius 1 is 0.844 bits per heavy atom. The van der Waals surface area contributed by atoms with Crippen LogP contribution in [0, 0.1) is 12.3 Å². The maximum atomic E-state index is 11.7. The first-order chi connectivity index (χ1) is 21.2. The molecule has 3 rings (SSSR count). The smallest absolute Gasteiger partial charge is 0.305 e. The summed E-state index contributed by atoms with van der Waals surface area (Å²) in [7, 11) is 0. The van der Waals surface area contributed by atoms with Gasteiger partial charge in [-0.2, -0.15) is 8.42 Å². The summed E-state index contributed by atoms with van der Waals surface area (Å²) in [6.45, 7) is 15.3. The zero-order chi connectivity index (χ0) is 33.5. The van der Waals surface area contributed by atoms with Crippen molar-refractivity contribution in [3.63, 3.8) is 0 Å². The molecule has 5 atom stereocenters. The van der Waals surface area contributed by atoms with Gasteiger partial charge in [0.2, 0.25) is 0 Å². The maximum absolute atomic E-state index is 11.7. The van der Waals surface area contributed by atoms with E-state index < -0.39 is 22.7 Å². The van der Waals surface area contributed by atoms with Gasteiger partial charge in [-0.05, 0) is 72.4 Å². The maximum Gasteiger partial charge on any atom is 0.305 e. The first-order valence-electron chi connectivity index (χ1n) is 15.2. The monoisotopic (exact) mass is 684 g/mol. The van der Waals surface area contributed by atoms with Crippen molar-refractivity contribution in [3.8, 4) is 23.8 Å². The van der Waals surface area contributed by atoms with Crippen molar-refractivity contribution in [2.24, 2.45) is 0 Å². The summed E-state index contributed by atoms with van der Waals surface area (Å²) < 4.78 is 55.1. The molecule has 2 aromatic rings. The van der Waals surface area contributed by atoms with Gasteiger partial charge in [-0.1, -0.05) is 78.1 Å². The van der Waals surface area contributed by atoms with Crippen molar-refractivity contribution in [3.05, 3.63) is 59.7 Å². The highest BCUT2D eigenvalue weighted by Crippen LogP contribution is 2.29. The molecule has 1 aliphatic carbocycles. The largest absolute Gasteiger partial charge is 0.491 e. The van der Waals surface area contributed by atoms with E-state index in [1.54, 1.807) is 6.92 Å². The van der Waals surface area contributed by atoms with Gasteiger partial charge in [0.15, 0.2) is 0 Å². The molecule has 0 aromatic heterocycles. The minimum atomic E-state index is -1.83. The van der Waals surface area contributed by atoms with Gasteiger partial charge in [-0.3, -0.25) is 16.7 Å². The Balaban J connectivity index is 0.000000317. The van der Waals surface area contributed by atoms with Crippen LogP contribution in [0.3, 0.4) is 0 Å². The van der Waals surface area contributed by atoms with Crippen LogP contribution in [0.1, 0.15) is 85.3 Å². The van der Waals surface area contributed by atoms with Crippen LogP contribution in [0.2, 0.25) is 0 Å². The zero-order valence-corrected chi connectivity index (χ0v) is 29.9. The standard InChI is InChI=1S/C19H26O4S.C15H23ClO4S/c1-5-14-21-24(20)23-18-9-7-6-8-17(18)22-16-12-10-15(11-13-16)19(2,3)4;1-12(20-21(17)19-10-9-16)11-18-14-7-5-13(6-8-14)15(2,3)4/h1,10-13,17-18H,6-9,14H2,2-4H3;5-8,12H,9-11H2,1-4H3. The molecule has 8 nitrogen and oxygen atoms in total. The highest BCUT2D eigenvalue weighted by Gasteiger charge is 2.30. The third kappa shape index (κ3) is 15.4. The fourth-order valence-corrected chi connectivity index (χ4v) is 5.69. The van der Waals surface area contributed by atoms with E-state index in [0.717, 1.165) is 37.2 Å². The molecule has 0 saturated heterocycles. The molecule has 0 amide bonds. The van der Waals surface area contributed by atoms with Gasteiger partial charge >= 0.3 is 22.7 Å². The summed E-state index contributed by atoms with van der Waals surface area (Å²) in [5.41, 5.74) is 2.73.